The third-order valence-electron chi connectivity index (χ3n) is 4.19. The summed E-state index contributed by atoms with van der Waals surface area (Å²) in [6.07, 6.45) is 1.88. The average molecular weight is 351 g/mol. The van der Waals surface area contributed by atoms with Crippen molar-refractivity contribution in [3.8, 4) is 0 Å². The zero-order valence-electron chi connectivity index (χ0n) is 15.1. The highest BCUT2D eigenvalue weighted by Gasteiger charge is 2.25. The molecule has 3 aromatic rings. The van der Waals surface area contributed by atoms with E-state index in [0.29, 0.717) is 23.6 Å². The number of benzene rings is 1. The number of carbonyl (C=O) groups excluding carboxylic acids is 2. The summed E-state index contributed by atoms with van der Waals surface area (Å²) < 4.78 is 6.55. The van der Waals surface area contributed by atoms with E-state index in [1.807, 2.05) is 55.6 Å². The predicted octanol–water partition coefficient (Wildman–Crippen LogP) is 2.77. The van der Waals surface area contributed by atoms with Crippen molar-refractivity contribution in [1.82, 2.24) is 14.3 Å². The summed E-state index contributed by atoms with van der Waals surface area (Å²) in [6.45, 7) is 3.95. The minimum Gasteiger partial charge on any atom is -0.468 e. The molecule has 0 radical (unpaired) electrons. The topological polar surface area (TPSA) is 63.9 Å². The van der Waals surface area contributed by atoms with E-state index in [0.717, 1.165) is 11.1 Å². The van der Waals surface area contributed by atoms with Crippen molar-refractivity contribution < 1.29 is 14.3 Å². The molecular weight excluding hydrogens is 330 g/mol. The molecule has 0 unspecified atom stereocenters. The lowest BCUT2D eigenvalue weighted by atomic mass is 10.2. The summed E-state index contributed by atoms with van der Waals surface area (Å²) in [5.41, 5.74) is 3.75. The predicted molar refractivity (Wildman–Crippen MR) is 97.9 cm³/mol. The van der Waals surface area contributed by atoms with Crippen molar-refractivity contribution in [3.05, 3.63) is 71.2 Å². The van der Waals surface area contributed by atoms with Gasteiger partial charge in [0.2, 0.25) is 0 Å². The van der Waals surface area contributed by atoms with Crippen molar-refractivity contribution in [3.63, 3.8) is 0 Å². The Kier molecular flexibility index (Phi) is 5.02. The van der Waals surface area contributed by atoms with Crippen LogP contribution in [0.5, 0.6) is 0 Å². The van der Waals surface area contributed by atoms with Crippen LogP contribution in [-0.2, 0) is 16.1 Å². The van der Waals surface area contributed by atoms with Gasteiger partial charge in [0.25, 0.3) is 5.91 Å². The fourth-order valence-electron chi connectivity index (χ4n) is 2.90. The fraction of sp³-hybridized carbons (Fsp3) is 0.250. The van der Waals surface area contributed by atoms with Crippen molar-refractivity contribution >= 4 is 17.5 Å². The maximum atomic E-state index is 13.3. The maximum Gasteiger partial charge on any atom is 0.325 e. The molecule has 6 nitrogen and oxygen atoms in total. The summed E-state index contributed by atoms with van der Waals surface area (Å²) in [4.78, 5) is 31.1. The van der Waals surface area contributed by atoms with Gasteiger partial charge < -0.3 is 9.64 Å². The first kappa shape index (κ1) is 17.7. The lowest BCUT2D eigenvalue weighted by Crippen LogP contribution is -2.36. The monoisotopic (exact) mass is 351 g/mol. The van der Waals surface area contributed by atoms with Gasteiger partial charge in [-0.05, 0) is 31.0 Å². The van der Waals surface area contributed by atoms with E-state index in [1.54, 1.807) is 11.3 Å². The molecule has 3 rings (SSSR count). The number of methoxy groups -OCH3 is 1. The Balaban J connectivity index is 2.00. The Morgan fingerprint density at radius 3 is 2.54 bits per heavy atom. The molecule has 2 heterocycles. The highest BCUT2D eigenvalue weighted by Crippen LogP contribution is 2.17. The number of nitrogens with zero attached hydrogens (tertiary/aromatic N) is 3. The second kappa shape index (κ2) is 7.39. The quantitative estimate of drug-likeness (QED) is 0.663. The molecule has 0 fully saturated rings. The van der Waals surface area contributed by atoms with Gasteiger partial charge in [0, 0.05) is 12.7 Å². The van der Waals surface area contributed by atoms with E-state index in [9.17, 15) is 9.59 Å². The first-order valence-electron chi connectivity index (χ1n) is 8.35. The van der Waals surface area contributed by atoms with Gasteiger partial charge in [0.05, 0.1) is 12.8 Å². The van der Waals surface area contributed by atoms with Crippen LogP contribution in [-0.4, -0.2) is 39.8 Å². The Morgan fingerprint density at radius 2 is 1.85 bits per heavy atom. The number of esters is 1. The van der Waals surface area contributed by atoms with Crippen LogP contribution in [0.25, 0.3) is 5.65 Å². The molecule has 1 amide bonds. The second-order valence-corrected chi connectivity index (χ2v) is 6.20. The molecule has 0 aliphatic heterocycles. The zero-order valence-corrected chi connectivity index (χ0v) is 15.1. The van der Waals surface area contributed by atoms with Gasteiger partial charge in [-0.3, -0.25) is 14.0 Å². The number of aromatic nitrogens is 2. The number of hydrogen-bond acceptors (Lipinski definition) is 4. The van der Waals surface area contributed by atoms with Crippen LogP contribution in [0.2, 0.25) is 0 Å². The molecular formula is C20H21N3O3. The molecule has 0 aliphatic rings. The number of amides is 1. The van der Waals surface area contributed by atoms with Crippen LogP contribution in [0.4, 0.5) is 0 Å². The largest absolute Gasteiger partial charge is 0.468 e. The smallest absolute Gasteiger partial charge is 0.325 e. The zero-order chi connectivity index (χ0) is 18.7. The van der Waals surface area contributed by atoms with Crippen LogP contribution in [0.15, 0.2) is 48.7 Å². The molecule has 1 aromatic carbocycles. The van der Waals surface area contributed by atoms with Crippen LogP contribution in [0.1, 0.15) is 27.3 Å². The Morgan fingerprint density at radius 1 is 1.12 bits per heavy atom. The molecule has 0 aliphatic carbocycles. The lowest BCUT2D eigenvalue weighted by Gasteiger charge is -2.22. The number of fused-ring (bicyclic) bond motifs is 1. The average Bonchev–Trinajstić information content (AvgIpc) is 2.96. The number of aryl methyl sites for hydroxylation is 2. The highest BCUT2D eigenvalue weighted by atomic mass is 16.5. The Labute approximate surface area is 152 Å². The van der Waals surface area contributed by atoms with Crippen molar-refractivity contribution in [1.29, 1.82) is 0 Å². The summed E-state index contributed by atoms with van der Waals surface area (Å²) >= 11 is 0. The van der Waals surface area contributed by atoms with Crippen molar-refractivity contribution in [2.24, 2.45) is 0 Å². The number of pyridine rings is 1. The van der Waals surface area contributed by atoms with E-state index in [1.165, 1.54) is 12.0 Å². The SMILES string of the molecule is COC(=O)CN(Cc1ccccc1)C(=O)c1c(C)nc2ccc(C)cn12. The third kappa shape index (κ3) is 3.59. The van der Waals surface area contributed by atoms with Gasteiger partial charge in [-0.25, -0.2) is 4.98 Å². The number of ether oxygens (including phenoxy) is 1. The first-order chi connectivity index (χ1) is 12.5. The van der Waals surface area contributed by atoms with Gasteiger partial charge in [-0.1, -0.05) is 36.4 Å². The molecule has 26 heavy (non-hydrogen) atoms. The highest BCUT2D eigenvalue weighted by molar-refractivity contribution is 5.96. The normalized spacial score (nSPS) is 10.7. The fourth-order valence-corrected chi connectivity index (χ4v) is 2.90. The first-order valence-corrected chi connectivity index (χ1v) is 8.35. The standard InChI is InChI=1S/C20H21N3O3/c1-14-9-10-17-21-15(2)19(23(17)11-14)20(25)22(13-18(24)26-3)12-16-7-5-4-6-8-16/h4-11H,12-13H2,1-3H3. The summed E-state index contributed by atoms with van der Waals surface area (Å²) in [5.74, 6) is -0.716. The maximum absolute atomic E-state index is 13.3. The number of imidazole rings is 1. The van der Waals surface area contributed by atoms with Gasteiger partial charge >= 0.3 is 5.97 Å². The molecule has 0 N–H and O–H groups in total. The molecule has 2 aromatic heterocycles. The Bertz CT molecular complexity index is 948. The lowest BCUT2D eigenvalue weighted by molar-refractivity contribution is -0.141. The molecule has 134 valence electrons. The number of hydrogen-bond donors (Lipinski definition) is 0. The van der Waals surface area contributed by atoms with Crippen LogP contribution in [0.3, 0.4) is 0 Å². The summed E-state index contributed by atoms with van der Waals surface area (Å²) in [6, 6.07) is 13.4. The van der Waals surface area contributed by atoms with Crippen molar-refractivity contribution in [2.45, 2.75) is 20.4 Å². The van der Waals surface area contributed by atoms with Crippen molar-refractivity contribution in [2.75, 3.05) is 13.7 Å². The van der Waals surface area contributed by atoms with E-state index < -0.39 is 5.97 Å². The van der Waals surface area contributed by atoms with Crippen LogP contribution >= 0.6 is 0 Å². The molecule has 0 saturated heterocycles. The Hall–Kier alpha value is -3.15. The third-order valence-corrected chi connectivity index (χ3v) is 4.19. The van der Waals surface area contributed by atoms with Gasteiger partial charge in [0.1, 0.15) is 17.9 Å². The second-order valence-electron chi connectivity index (χ2n) is 6.20. The van der Waals surface area contributed by atoms with Gasteiger partial charge in [0.15, 0.2) is 0 Å². The van der Waals surface area contributed by atoms with E-state index >= 15 is 0 Å². The minimum absolute atomic E-state index is 0.122. The molecule has 0 atom stereocenters. The van der Waals surface area contributed by atoms with Crippen LogP contribution in [0, 0.1) is 13.8 Å². The molecule has 0 saturated carbocycles. The van der Waals surface area contributed by atoms with Gasteiger partial charge in [-0.2, -0.15) is 0 Å². The summed E-state index contributed by atoms with van der Waals surface area (Å²) in [7, 11) is 1.32. The van der Waals surface area contributed by atoms with Crippen LogP contribution < -0.4 is 0 Å². The number of carbonyl (C=O) groups is 2. The molecule has 6 heteroatoms. The molecule has 0 bridgehead atoms. The van der Waals surface area contributed by atoms with Gasteiger partial charge in [-0.15, -0.1) is 0 Å². The van der Waals surface area contributed by atoms with E-state index in [-0.39, 0.29) is 12.5 Å². The minimum atomic E-state index is -0.461. The van der Waals surface area contributed by atoms with E-state index in [2.05, 4.69) is 4.98 Å². The summed E-state index contributed by atoms with van der Waals surface area (Å²) in [5, 5.41) is 0. The molecule has 0 spiro atoms. The van der Waals surface area contributed by atoms with E-state index in [4.69, 9.17) is 4.74 Å². The number of rotatable bonds is 5.